The average molecular weight is 299 g/mol. The molecule has 0 aromatic heterocycles. The number of hydrogen-bond donors (Lipinski definition) is 2. The minimum atomic E-state index is -0.0501. The van der Waals surface area contributed by atoms with Gasteiger partial charge in [-0.05, 0) is 39.7 Å². The summed E-state index contributed by atoms with van der Waals surface area (Å²) in [7, 11) is 0. The van der Waals surface area contributed by atoms with Crippen molar-refractivity contribution in [2.45, 2.75) is 116 Å². The molecule has 0 bridgehead atoms. The lowest BCUT2D eigenvalue weighted by atomic mass is 9.95. The Labute approximate surface area is 134 Å². The van der Waals surface area contributed by atoms with Crippen molar-refractivity contribution in [3.05, 3.63) is 0 Å². The highest BCUT2D eigenvalue weighted by molar-refractivity contribution is 4.79. The third-order valence-corrected chi connectivity index (χ3v) is 4.23. The van der Waals surface area contributed by atoms with Gasteiger partial charge in [0.2, 0.25) is 0 Å². The van der Waals surface area contributed by atoms with Gasteiger partial charge in [0.05, 0.1) is 0 Å². The van der Waals surface area contributed by atoms with Gasteiger partial charge in [-0.25, -0.2) is 0 Å². The smallest absolute Gasteiger partial charge is 0.0112 e. The molecule has 0 fully saturated rings. The van der Waals surface area contributed by atoms with Crippen LogP contribution in [-0.4, -0.2) is 18.1 Å². The van der Waals surface area contributed by atoms with Gasteiger partial charge in [0.25, 0.3) is 0 Å². The van der Waals surface area contributed by atoms with Crippen LogP contribution in [0.4, 0.5) is 0 Å². The maximum Gasteiger partial charge on any atom is 0.0112 e. The summed E-state index contributed by atoms with van der Waals surface area (Å²) in [6.45, 7) is 9.94. The van der Waals surface area contributed by atoms with Crippen LogP contribution < -0.4 is 11.1 Å². The molecular formula is C19H42N2. The summed E-state index contributed by atoms with van der Waals surface area (Å²) in [5, 5.41) is 3.67. The minimum absolute atomic E-state index is 0.0501. The molecule has 0 amide bonds. The van der Waals surface area contributed by atoms with Crippen molar-refractivity contribution >= 4 is 0 Å². The van der Waals surface area contributed by atoms with E-state index < -0.39 is 0 Å². The number of unbranched alkanes of at least 4 members (excludes halogenated alkanes) is 9. The number of nitrogens with one attached hydrogen (secondary N) is 1. The SMILES string of the molecule is CCCCCCCCCCCCNC(CC)CC(C)(C)N. The largest absolute Gasteiger partial charge is 0.326 e. The third kappa shape index (κ3) is 16.1. The van der Waals surface area contributed by atoms with E-state index in [4.69, 9.17) is 5.73 Å². The molecule has 0 saturated carbocycles. The Morgan fingerprint density at radius 3 is 1.71 bits per heavy atom. The molecule has 3 N–H and O–H groups in total. The van der Waals surface area contributed by atoms with Crippen LogP contribution in [0.5, 0.6) is 0 Å². The molecule has 0 aromatic carbocycles. The fourth-order valence-corrected chi connectivity index (χ4v) is 2.91. The highest BCUT2D eigenvalue weighted by Gasteiger charge is 2.16. The highest BCUT2D eigenvalue weighted by atomic mass is 14.9. The van der Waals surface area contributed by atoms with E-state index in [2.05, 4.69) is 33.0 Å². The van der Waals surface area contributed by atoms with Gasteiger partial charge < -0.3 is 11.1 Å². The Bertz CT molecular complexity index is 208. The monoisotopic (exact) mass is 298 g/mol. The van der Waals surface area contributed by atoms with Crippen molar-refractivity contribution < 1.29 is 0 Å². The fraction of sp³-hybridized carbons (Fsp3) is 1.00. The molecule has 0 aromatic rings. The molecule has 128 valence electrons. The highest BCUT2D eigenvalue weighted by Crippen LogP contribution is 2.12. The van der Waals surface area contributed by atoms with E-state index in [0.717, 1.165) is 13.0 Å². The second-order valence-electron chi connectivity index (χ2n) is 7.43. The number of hydrogen-bond acceptors (Lipinski definition) is 2. The van der Waals surface area contributed by atoms with Crippen LogP contribution in [0.25, 0.3) is 0 Å². The topological polar surface area (TPSA) is 38.0 Å². The number of nitrogens with two attached hydrogens (primary N) is 1. The summed E-state index contributed by atoms with van der Waals surface area (Å²) in [4.78, 5) is 0. The quantitative estimate of drug-likeness (QED) is 0.397. The molecule has 1 atom stereocenters. The van der Waals surface area contributed by atoms with E-state index in [0.29, 0.717) is 6.04 Å². The fourth-order valence-electron chi connectivity index (χ4n) is 2.91. The van der Waals surface area contributed by atoms with Gasteiger partial charge in [-0.3, -0.25) is 0 Å². The van der Waals surface area contributed by atoms with E-state index in [1.807, 2.05) is 0 Å². The maximum absolute atomic E-state index is 6.10. The Kier molecular flexibility index (Phi) is 13.5. The van der Waals surface area contributed by atoms with E-state index >= 15 is 0 Å². The summed E-state index contributed by atoms with van der Waals surface area (Å²) in [6, 6.07) is 0.587. The molecule has 0 heterocycles. The Morgan fingerprint density at radius 2 is 1.29 bits per heavy atom. The van der Waals surface area contributed by atoms with Crippen LogP contribution in [0.3, 0.4) is 0 Å². The average Bonchev–Trinajstić information content (AvgIpc) is 2.42. The molecule has 21 heavy (non-hydrogen) atoms. The molecule has 0 aliphatic rings. The molecule has 2 heteroatoms. The van der Waals surface area contributed by atoms with Crippen LogP contribution in [0.15, 0.2) is 0 Å². The van der Waals surface area contributed by atoms with Gasteiger partial charge in [-0.2, -0.15) is 0 Å². The van der Waals surface area contributed by atoms with Crippen molar-refractivity contribution in [2.24, 2.45) is 5.73 Å². The van der Waals surface area contributed by atoms with Crippen molar-refractivity contribution in [3.8, 4) is 0 Å². The van der Waals surface area contributed by atoms with E-state index in [-0.39, 0.29) is 5.54 Å². The Morgan fingerprint density at radius 1 is 0.810 bits per heavy atom. The molecule has 0 aliphatic carbocycles. The molecule has 2 nitrogen and oxygen atoms in total. The molecule has 0 spiro atoms. The number of rotatable bonds is 15. The summed E-state index contributed by atoms with van der Waals surface area (Å²) in [6.07, 6.45) is 16.3. The first kappa shape index (κ1) is 20.9. The zero-order valence-electron chi connectivity index (χ0n) is 15.3. The summed E-state index contributed by atoms with van der Waals surface area (Å²) < 4.78 is 0. The van der Waals surface area contributed by atoms with E-state index in [9.17, 15) is 0 Å². The first-order valence-corrected chi connectivity index (χ1v) is 9.52. The zero-order chi connectivity index (χ0) is 16.0. The minimum Gasteiger partial charge on any atom is -0.326 e. The van der Waals surface area contributed by atoms with Gasteiger partial charge in [0.15, 0.2) is 0 Å². The normalized spacial score (nSPS) is 13.6. The molecular weight excluding hydrogens is 256 g/mol. The van der Waals surface area contributed by atoms with Crippen molar-refractivity contribution in [1.82, 2.24) is 5.32 Å². The predicted octanol–water partition coefficient (Wildman–Crippen LogP) is 5.40. The van der Waals surface area contributed by atoms with Crippen molar-refractivity contribution in [2.75, 3.05) is 6.54 Å². The summed E-state index contributed by atoms with van der Waals surface area (Å²) >= 11 is 0. The summed E-state index contributed by atoms with van der Waals surface area (Å²) in [5.74, 6) is 0. The van der Waals surface area contributed by atoms with Crippen molar-refractivity contribution in [1.29, 1.82) is 0 Å². The zero-order valence-corrected chi connectivity index (χ0v) is 15.3. The van der Waals surface area contributed by atoms with Crippen LogP contribution in [0.1, 0.15) is 105 Å². The second kappa shape index (κ2) is 13.6. The molecule has 0 radical (unpaired) electrons. The standard InChI is InChI=1S/C19H42N2/c1-5-7-8-9-10-11-12-13-14-15-16-21-18(6-2)17-19(3,4)20/h18,21H,5-17,20H2,1-4H3. The lowest BCUT2D eigenvalue weighted by Gasteiger charge is -2.26. The van der Waals surface area contributed by atoms with Crippen LogP contribution in [0.2, 0.25) is 0 Å². The van der Waals surface area contributed by atoms with E-state index in [1.54, 1.807) is 0 Å². The van der Waals surface area contributed by atoms with Gasteiger partial charge >= 0.3 is 0 Å². The predicted molar refractivity (Wildman–Crippen MR) is 96.8 cm³/mol. The third-order valence-electron chi connectivity index (χ3n) is 4.23. The molecule has 0 rings (SSSR count). The van der Waals surface area contributed by atoms with Crippen LogP contribution >= 0.6 is 0 Å². The lowest BCUT2D eigenvalue weighted by Crippen LogP contribution is -2.41. The van der Waals surface area contributed by atoms with Gasteiger partial charge in [0, 0.05) is 11.6 Å². The maximum atomic E-state index is 6.10. The lowest BCUT2D eigenvalue weighted by molar-refractivity contribution is 0.362. The van der Waals surface area contributed by atoms with Gasteiger partial charge in [-0.1, -0.05) is 71.6 Å². The van der Waals surface area contributed by atoms with Crippen molar-refractivity contribution in [3.63, 3.8) is 0 Å². The second-order valence-corrected chi connectivity index (χ2v) is 7.43. The van der Waals surface area contributed by atoms with Gasteiger partial charge in [0.1, 0.15) is 0 Å². The Hall–Kier alpha value is -0.0800. The first-order valence-electron chi connectivity index (χ1n) is 9.52. The van der Waals surface area contributed by atoms with E-state index in [1.165, 1.54) is 70.6 Å². The Balaban J connectivity index is 3.31. The molecule has 0 aliphatic heterocycles. The van der Waals surface area contributed by atoms with Gasteiger partial charge in [-0.15, -0.1) is 0 Å². The first-order chi connectivity index (χ1) is 9.99. The van der Waals surface area contributed by atoms with Crippen LogP contribution in [0, 0.1) is 0 Å². The molecule has 0 saturated heterocycles. The summed E-state index contributed by atoms with van der Waals surface area (Å²) in [5.41, 5.74) is 6.05. The van der Waals surface area contributed by atoms with Crippen LogP contribution in [-0.2, 0) is 0 Å². The molecule has 1 unspecified atom stereocenters.